The lowest BCUT2D eigenvalue weighted by Crippen LogP contribution is -2.33. The van der Waals surface area contributed by atoms with E-state index in [9.17, 15) is 4.79 Å². The van der Waals surface area contributed by atoms with Crippen LogP contribution in [-0.2, 0) is 4.79 Å². The lowest BCUT2D eigenvalue weighted by molar-refractivity contribution is -0.125. The van der Waals surface area contributed by atoms with Gasteiger partial charge in [-0.2, -0.15) is 0 Å². The molecule has 0 saturated heterocycles. The summed E-state index contributed by atoms with van der Waals surface area (Å²) in [7, 11) is 4.04. The van der Waals surface area contributed by atoms with Crippen LogP contribution < -0.4 is 10.2 Å². The maximum absolute atomic E-state index is 12.3. The van der Waals surface area contributed by atoms with Crippen LogP contribution in [0.15, 0.2) is 24.3 Å². The molecule has 25 heavy (non-hydrogen) atoms. The third-order valence-corrected chi connectivity index (χ3v) is 5.15. The third-order valence-electron chi connectivity index (χ3n) is 5.15. The summed E-state index contributed by atoms with van der Waals surface area (Å²) in [6, 6.07) is 8.14. The molecule has 0 unspecified atom stereocenters. The molecule has 2 rings (SSSR count). The quantitative estimate of drug-likeness (QED) is 0.787. The fraction of sp³-hybridized carbons (Fsp3) is 0.591. The first-order valence-corrected chi connectivity index (χ1v) is 9.64. The number of benzene rings is 1. The van der Waals surface area contributed by atoms with Crippen LogP contribution in [0.4, 0.5) is 5.69 Å². The maximum atomic E-state index is 12.3. The van der Waals surface area contributed by atoms with E-state index in [-0.39, 0.29) is 11.8 Å². The SMILES string of the molecule is CCCCC1CCC(C(=O)NCC#Cc2ccc(N(C)C)cc2)CC1. The Bertz CT molecular complexity index is 587. The van der Waals surface area contributed by atoms with Crippen LogP contribution in [0.2, 0.25) is 0 Å². The number of anilines is 1. The normalized spacial score (nSPS) is 19.6. The van der Waals surface area contributed by atoms with Crippen molar-refractivity contribution in [3.63, 3.8) is 0 Å². The van der Waals surface area contributed by atoms with Gasteiger partial charge in [0.1, 0.15) is 0 Å². The zero-order valence-electron chi connectivity index (χ0n) is 16.0. The highest BCUT2D eigenvalue weighted by molar-refractivity contribution is 5.79. The first kappa shape index (κ1) is 19.4. The standard InChI is InChI=1S/C22H32N2O/c1-4-5-7-18-9-13-20(14-10-18)22(25)23-17-6-8-19-11-15-21(16-12-19)24(2)3/h11-12,15-16,18,20H,4-5,7,9-10,13-14,17H2,1-3H3,(H,23,25). The Balaban J connectivity index is 1.71. The maximum Gasteiger partial charge on any atom is 0.223 e. The van der Waals surface area contributed by atoms with Gasteiger partial charge in [-0.05, 0) is 55.9 Å². The molecule has 1 aliphatic rings. The molecule has 0 radical (unpaired) electrons. The van der Waals surface area contributed by atoms with Crippen LogP contribution in [0, 0.1) is 23.7 Å². The number of carbonyl (C=O) groups excluding carboxylic acids is 1. The molecule has 3 nitrogen and oxygen atoms in total. The second kappa shape index (κ2) is 10.1. The summed E-state index contributed by atoms with van der Waals surface area (Å²) in [6.07, 6.45) is 8.44. The van der Waals surface area contributed by atoms with E-state index >= 15 is 0 Å². The zero-order valence-corrected chi connectivity index (χ0v) is 16.0. The van der Waals surface area contributed by atoms with Crippen LogP contribution >= 0.6 is 0 Å². The smallest absolute Gasteiger partial charge is 0.223 e. The van der Waals surface area contributed by atoms with Crippen molar-refractivity contribution in [2.75, 3.05) is 25.5 Å². The van der Waals surface area contributed by atoms with Crippen molar-refractivity contribution in [1.82, 2.24) is 5.32 Å². The van der Waals surface area contributed by atoms with E-state index in [0.717, 1.165) is 30.0 Å². The van der Waals surface area contributed by atoms with E-state index < -0.39 is 0 Å². The Labute approximate surface area is 153 Å². The van der Waals surface area contributed by atoms with Crippen molar-refractivity contribution in [3.05, 3.63) is 29.8 Å². The van der Waals surface area contributed by atoms with E-state index in [0.29, 0.717) is 6.54 Å². The summed E-state index contributed by atoms with van der Waals surface area (Å²) in [5.41, 5.74) is 2.14. The minimum Gasteiger partial charge on any atom is -0.378 e. The summed E-state index contributed by atoms with van der Waals surface area (Å²) < 4.78 is 0. The van der Waals surface area contributed by atoms with Crippen LogP contribution in [0.25, 0.3) is 0 Å². The van der Waals surface area contributed by atoms with Gasteiger partial charge in [0.2, 0.25) is 5.91 Å². The fourth-order valence-electron chi connectivity index (χ4n) is 3.47. The summed E-state index contributed by atoms with van der Waals surface area (Å²) >= 11 is 0. The van der Waals surface area contributed by atoms with Gasteiger partial charge in [-0.3, -0.25) is 4.79 Å². The third kappa shape index (κ3) is 6.46. The lowest BCUT2D eigenvalue weighted by atomic mass is 9.79. The molecule has 0 aliphatic heterocycles. The molecular formula is C22H32N2O. The van der Waals surface area contributed by atoms with Crippen molar-refractivity contribution < 1.29 is 4.79 Å². The molecule has 136 valence electrons. The first-order chi connectivity index (χ1) is 12.1. The summed E-state index contributed by atoms with van der Waals surface area (Å²) in [5.74, 6) is 7.40. The van der Waals surface area contributed by atoms with Crippen molar-refractivity contribution in [3.8, 4) is 11.8 Å². The van der Waals surface area contributed by atoms with Gasteiger partial charge in [0, 0.05) is 31.3 Å². The molecule has 1 amide bonds. The van der Waals surface area contributed by atoms with E-state index in [1.807, 2.05) is 26.2 Å². The van der Waals surface area contributed by atoms with Gasteiger partial charge >= 0.3 is 0 Å². The highest BCUT2D eigenvalue weighted by Gasteiger charge is 2.25. The Morgan fingerprint density at radius 2 is 1.84 bits per heavy atom. The van der Waals surface area contributed by atoms with Crippen LogP contribution in [-0.4, -0.2) is 26.5 Å². The van der Waals surface area contributed by atoms with Gasteiger partial charge in [0.25, 0.3) is 0 Å². The number of hydrogen-bond donors (Lipinski definition) is 1. The van der Waals surface area contributed by atoms with Gasteiger partial charge in [0.15, 0.2) is 0 Å². The minimum absolute atomic E-state index is 0.186. The second-order valence-electron chi connectivity index (χ2n) is 7.32. The van der Waals surface area contributed by atoms with Crippen molar-refractivity contribution in [1.29, 1.82) is 0 Å². The summed E-state index contributed by atoms with van der Waals surface area (Å²) in [4.78, 5) is 14.3. The van der Waals surface area contributed by atoms with E-state index in [4.69, 9.17) is 0 Å². The van der Waals surface area contributed by atoms with Gasteiger partial charge in [-0.1, -0.05) is 38.0 Å². The fourth-order valence-corrected chi connectivity index (χ4v) is 3.47. The predicted molar refractivity (Wildman–Crippen MR) is 106 cm³/mol. The number of carbonyl (C=O) groups is 1. The highest BCUT2D eigenvalue weighted by atomic mass is 16.1. The minimum atomic E-state index is 0.186. The number of nitrogens with zero attached hydrogens (tertiary/aromatic N) is 1. The first-order valence-electron chi connectivity index (χ1n) is 9.64. The Morgan fingerprint density at radius 3 is 2.44 bits per heavy atom. The topological polar surface area (TPSA) is 32.3 Å². The number of unbranched alkanes of at least 4 members (excludes halogenated alkanes) is 1. The molecule has 0 spiro atoms. The van der Waals surface area contributed by atoms with E-state index in [1.54, 1.807) is 0 Å². The predicted octanol–water partition coefficient (Wildman–Crippen LogP) is 4.22. The summed E-state index contributed by atoms with van der Waals surface area (Å²) in [5, 5.41) is 2.99. The van der Waals surface area contributed by atoms with Gasteiger partial charge in [0.05, 0.1) is 6.54 Å². The molecular weight excluding hydrogens is 308 g/mol. The number of hydrogen-bond acceptors (Lipinski definition) is 2. The largest absolute Gasteiger partial charge is 0.378 e. The molecule has 1 fully saturated rings. The molecule has 1 N–H and O–H groups in total. The lowest BCUT2D eigenvalue weighted by Gasteiger charge is -2.27. The van der Waals surface area contributed by atoms with Gasteiger partial charge in [-0.25, -0.2) is 0 Å². The number of amides is 1. The molecule has 1 saturated carbocycles. The van der Waals surface area contributed by atoms with Crippen molar-refractivity contribution in [2.24, 2.45) is 11.8 Å². The Hall–Kier alpha value is -1.95. The molecule has 3 heteroatoms. The molecule has 1 aromatic rings. The number of nitrogens with one attached hydrogen (secondary N) is 1. The molecule has 0 aromatic heterocycles. The van der Waals surface area contributed by atoms with Crippen molar-refractivity contribution in [2.45, 2.75) is 51.9 Å². The highest BCUT2D eigenvalue weighted by Crippen LogP contribution is 2.31. The van der Waals surface area contributed by atoms with Gasteiger partial charge < -0.3 is 10.2 Å². The summed E-state index contributed by atoms with van der Waals surface area (Å²) in [6.45, 7) is 2.68. The van der Waals surface area contributed by atoms with Crippen LogP contribution in [0.3, 0.4) is 0 Å². The Kier molecular flexibility index (Phi) is 7.85. The average Bonchev–Trinajstić information content (AvgIpc) is 2.64. The monoisotopic (exact) mass is 340 g/mol. The van der Waals surface area contributed by atoms with Gasteiger partial charge in [-0.15, -0.1) is 0 Å². The van der Waals surface area contributed by atoms with E-state index in [1.165, 1.54) is 32.1 Å². The van der Waals surface area contributed by atoms with Crippen molar-refractivity contribution >= 4 is 11.6 Å². The Morgan fingerprint density at radius 1 is 1.16 bits per heavy atom. The molecule has 0 atom stereocenters. The second-order valence-corrected chi connectivity index (χ2v) is 7.32. The molecule has 1 aromatic carbocycles. The number of rotatable bonds is 6. The molecule has 0 heterocycles. The van der Waals surface area contributed by atoms with Crippen LogP contribution in [0.1, 0.15) is 57.4 Å². The average molecular weight is 341 g/mol. The van der Waals surface area contributed by atoms with E-state index in [2.05, 4.69) is 41.1 Å². The van der Waals surface area contributed by atoms with Crippen LogP contribution in [0.5, 0.6) is 0 Å². The molecule has 0 bridgehead atoms. The zero-order chi connectivity index (χ0) is 18.1. The molecule has 1 aliphatic carbocycles.